The van der Waals surface area contributed by atoms with Gasteiger partial charge in [0.05, 0.1) is 16.8 Å². The first-order valence-corrected chi connectivity index (χ1v) is 11.9. The van der Waals surface area contributed by atoms with Gasteiger partial charge in [-0.25, -0.2) is 19.2 Å². The second-order valence-electron chi connectivity index (χ2n) is 8.98. The molecule has 0 unspecified atom stereocenters. The number of likely N-dealkylation sites (N-methyl/N-ethyl adjacent to an activating group) is 1. The molecule has 1 aliphatic heterocycles. The van der Waals surface area contributed by atoms with Crippen molar-refractivity contribution in [3.05, 3.63) is 76.7 Å². The average molecular weight is 574 g/mol. The summed E-state index contributed by atoms with van der Waals surface area (Å²) in [4.78, 5) is 24.3. The number of hydrogen-bond donors (Lipinski definition) is 2. The number of aromatic carboxylic acids is 1. The zero-order chi connectivity index (χ0) is 29.7. The van der Waals surface area contributed by atoms with Crippen LogP contribution < -0.4 is 10.2 Å². The van der Waals surface area contributed by atoms with Crippen LogP contribution in [0.3, 0.4) is 0 Å². The van der Waals surface area contributed by atoms with Gasteiger partial charge < -0.3 is 20.2 Å². The Bertz CT molecular complexity index is 1270. The Morgan fingerprint density at radius 2 is 1.50 bits per heavy atom. The van der Waals surface area contributed by atoms with Crippen molar-refractivity contribution in [3.63, 3.8) is 0 Å². The predicted octanol–water partition coefficient (Wildman–Crippen LogP) is 5.18. The maximum absolute atomic E-state index is 13.1. The summed E-state index contributed by atoms with van der Waals surface area (Å²) in [6.07, 6.45) is -8.25. The minimum absolute atomic E-state index is 0.00878. The Morgan fingerprint density at radius 3 is 1.98 bits per heavy atom. The Kier molecular flexibility index (Phi) is 9.69. The Labute approximate surface area is 225 Å². The van der Waals surface area contributed by atoms with Gasteiger partial charge in [0.2, 0.25) is 5.95 Å². The van der Waals surface area contributed by atoms with E-state index in [1.54, 1.807) is 0 Å². The zero-order valence-corrected chi connectivity index (χ0v) is 21.4. The van der Waals surface area contributed by atoms with Gasteiger partial charge >= 0.3 is 18.3 Å². The minimum Gasteiger partial charge on any atom is -0.478 e. The van der Waals surface area contributed by atoms with Crippen LogP contribution in [0.1, 0.15) is 27.0 Å². The van der Waals surface area contributed by atoms with E-state index in [1.165, 1.54) is 37.5 Å². The Hall–Kier alpha value is -3.78. The molecule has 2 heterocycles. The van der Waals surface area contributed by atoms with Gasteiger partial charge in [-0.05, 0) is 62.1 Å². The largest absolute Gasteiger partial charge is 0.478 e. The fourth-order valence-corrected chi connectivity index (χ4v) is 3.84. The van der Waals surface area contributed by atoms with E-state index in [2.05, 4.69) is 27.2 Å². The molecule has 14 heteroatoms. The standard InChI is InChI=1S/C16H17FN4O2.C10H9F6N/c1-20-6-8-21(9-7-20)16-18-10-13(15(22)23)14(19-16)11-2-4-12(17)5-3-11;1-17-5-6-2-7(9(11,12)13)4-8(3-6)10(14,15)16/h2-5,10H,6-9H2,1H3,(H,22,23);2-4,17H,5H2,1H3. The maximum atomic E-state index is 13.1. The number of anilines is 1. The van der Waals surface area contributed by atoms with Crippen molar-refractivity contribution < 1.29 is 40.6 Å². The molecule has 7 nitrogen and oxygen atoms in total. The average Bonchev–Trinajstić information content (AvgIpc) is 2.88. The molecule has 3 aromatic rings. The minimum atomic E-state index is -4.79. The van der Waals surface area contributed by atoms with Gasteiger partial charge in [0.15, 0.2) is 0 Å². The van der Waals surface area contributed by atoms with Crippen LogP contribution in [0.5, 0.6) is 0 Å². The first-order valence-electron chi connectivity index (χ1n) is 11.9. The van der Waals surface area contributed by atoms with Crippen LogP contribution in [0, 0.1) is 5.82 Å². The van der Waals surface area contributed by atoms with Crippen molar-refractivity contribution in [2.75, 3.05) is 45.2 Å². The molecular weight excluding hydrogens is 547 g/mol. The third kappa shape index (κ3) is 8.11. The maximum Gasteiger partial charge on any atom is 0.416 e. The molecule has 1 aromatic heterocycles. The van der Waals surface area contributed by atoms with Crippen LogP contribution in [0.15, 0.2) is 48.7 Å². The number of nitrogens with zero attached hydrogens (tertiary/aromatic N) is 4. The lowest BCUT2D eigenvalue weighted by Gasteiger charge is -2.32. The zero-order valence-electron chi connectivity index (χ0n) is 21.4. The number of carboxylic acid groups (broad SMARTS) is 1. The number of alkyl halides is 6. The van der Waals surface area contributed by atoms with Crippen LogP contribution >= 0.6 is 0 Å². The smallest absolute Gasteiger partial charge is 0.416 e. The van der Waals surface area contributed by atoms with E-state index in [0.717, 1.165) is 26.2 Å². The molecule has 0 radical (unpaired) electrons. The van der Waals surface area contributed by atoms with Crippen molar-refractivity contribution in [1.82, 2.24) is 20.2 Å². The van der Waals surface area contributed by atoms with E-state index in [0.29, 0.717) is 29.3 Å². The molecule has 2 aromatic carbocycles. The van der Waals surface area contributed by atoms with Crippen molar-refractivity contribution in [3.8, 4) is 11.3 Å². The van der Waals surface area contributed by atoms with Crippen molar-refractivity contribution >= 4 is 11.9 Å². The monoisotopic (exact) mass is 573 g/mol. The molecule has 40 heavy (non-hydrogen) atoms. The van der Waals surface area contributed by atoms with E-state index in [9.17, 15) is 40.6 Å². The number of rotatable bonds is 5. The molecule has 1 aliphatic rings. The molecular formula is C26H26F7N5O2. The first kappa shape index (κ1) is 30.8. The number of benzene rings is 2. The number of carboxylic acids is 1. The highest BCUT2D eigenvalue weighted by molar-refractivity contribution is 5.94. The van der Waals surface area contributed by atoms with Crippen molar-refractivity contribution in [2.24, 2.45) is 0 Å². The summed E-state index contributed by atoms with van der Waals surface area (Å²) < 4.78 is 87.4. The summed E-state index contributed by atoms with van der Waals surface area (Å²) in [6, 6.07) is 7.14. The van der Waals surface area contributed by atoms with Crippen molar-refractivity contribution in [2.45, 2.75) is 18.9 Å². The number of aromatic nitrogens is 2. The highest BCUT2D eigenvalue weighted by Crippen LogP contribution is 2.36. The summed E-state index contributed by atoms with van der Waals surface area (Å²) in [5, 5.41) is 11.8. The highest BCUT2D eigenvalue weighted by atomic mass is 19.4. The topological polar surface area (TPSA) is 81.6 Å². The van der Waals surface area contributed by atoms with Crippen LogP contribution in [-0.4, -0.2) is 66.2 Å². The molecule has 4 rings (SSSR count). The van der Waals surface area contributed by atoms with Gasteiger partial charge in [-0.15, -0.1) is 0 Å². The number of nitrogens with one attached hydrogen (secondary N) is 1. The van der Waals surface area contributed by atoms with Gasteiger partial charge in [0.1, 0.15) is 11.4 Å². The van der Waals surface area contributed by atoms with Gasteiger partial charge in [-0.2, -0.15) is 26.3 Å². The molecule has 216 valence electrons. The number of halogens is 7. The quantitative estimate of drug-likeness (QED) is 0.408. The third-order valence-corrected chi connectivity index (χ3v) is 5.94. The molecule has 0 saturated carbocycles. The van der Waals surface area contributed by atoms with E-state index in [4.69, 9.17) is 0 Å². The van der Waals surface area contributed by atoms with Gasteiger partial charge in [0.25, 0.3) is 0 Å². The second-order valence-corrected chi connectivity index (χ2v) is 8.98. The Morgan fingerprint density at radius 1 is 0.950 bits per heavy atom. The number of hydrogen-bond acceptors (Lipinski definition) is 6. The summed E-state index contributed by atoms with van der Waals surface area (Å²) >= 11 is 0. The molecule has 1 saturated heterocycles. The summed E-state index contributed by atoms with van der Waals surface area (Å²) in [6.45, 7) is 3.30. The van der Waals surface area contributed by atoms with Crippen molar-refractivity contribution in [1.29, 1.82) is 0 Å². The molecule has 0 amide bonds. The lowest BCUT2D eigenvalue weighted by molar-refractivity contribution is -0.143. The van der Waals surface area contributed by atoms with Gasteiger partial charge in [0, 0.05) is 44.5 Å². The molecule has 0 atom stereocenters. The lowest BCUT2D eigenvalue weighted by Crippen LogP contribution is -2.45. The van der Waals surface area contributed by atoms with E-state index >= 15 is 0 Å². The van der Waals surface area contributed by atoms with Crippen LogP contribution in [0.2, 0.25) is 0 Å². The van der Waals surface area contributed by atoms with Crippen LogP contribution in [0.25, 0.3) is 11.3 Å². The summed E-state index contributed by atoms with van der Waals surface area (Å²) in [7, 11) is 3.49. The lowest BCUT2D eigenvalue weighted by atomic mass is 10.0. The molecule has 2 N–H and O–H groups in total. The fourth-order valence-electron chi connectivity index (χ4n) is 3.84. The molecule has 0 bridgehead atoms. The second kappa shape index (κ2) is 12.6. The van der Waals surface area contributed by atoms with E-state index < -0.39 is 29.4 Å². The highest BCUT2D eigenvalue weighted by Gasteiger charge is 2.36. The van der Waals surface area contributed by atoms with Crippen LogP contribution in [-0.2, 0) is 18.9 Å². The fraction of sp³-hybridized carbons (Fsp3) is 0.346. The first-order chi connectivity index (χ1) is 18.7. The SMILES string of the molecule is CN1CCN(c2ncc(C(=O)O)c(-c3ccc(F)cc3)n2)CC1.CNCc1cc(C(F)(F)F)cc(C(F)(F)F)c1. The Balaban J connectivity index is 0.000000232. The van der Waals surface area contributed by atoms with E-state index in [1.807, 2.05) is 4.90 Å². The van der Waals surface area contributed by atoms with Crippen LogP contribution in [0.4, 0.5) is 36.7 Å². The summed E-state index contributed by atoms with van der Waals surface area (Å²) in [5.41, 5.74) is -1.78. The molecule has 0 aliphatic carbocycles. The van der Waals surface area contributed by atoms with Gasteiger partial charge in [-0.3, -0.25) is 0 Å². The molecule has 0 spiro atoms. The predicted molar refractivity (Wildman–Crippen MR) is 133 cm³/mol. The summed E-state index contributed by atoms with van der Waals surface area (Å²) in [5.74, 6) is -0.976. The van der Waals surface area contributed by atoms with E-state index in [-0.39, 0.29) is 29.6 Å². The molecule has 1 fully saturated rings. The number of piperazine rings is 1. The van der Waals surface area contributed by atoms with Gasteiger partial charge in [-0.1, -0.05) is 0 Å². The third-order valence-electron chi connectivity index (χ3n) is 5.94. The normalized spacial score (nSPS) is 14.5. The number of carbonyl (C=O) groups is 1.